The van der Waals surface area contributed by atoms with Crippen LogP contribution in [-0.2, 0) is 20.7 Å². The maximum atomic E-state index is 14.1. The van der Waals surface area contributed by atoms with Crippen LogP contribution in [0.15, 0.2) is 48.5 Å². The van der Waals surface area contributed by atoms with E-state index < -0.39 is 17.8 Å². The predicted molar refractivity (Wildman–Crippen MR) is 124 cm³/mol. The lowest BCUT2D eigenvalue weighted by Gasteiger charge is -2.28. The van der Waals surface area contributed by atoms with Gasteiger partial charge in [-0.25, -0.2) is 4.39 Å². The molecule has 3 amide bonds. The van der Waals surface area contributed by atoms with E-state index in [1.54, 1.807) is 4.90 Å². The lowest BCUT2D eigenvalue weighted by molar-refractivity contribution is -0.134. The number of carbonyl (C=O) groups excluding carboxylic acids is 3. The fourth-order valence-electron chi connectivity index (χ4n) is 3.70. The number of hydrogen-bond acceptors (Lipinski definition) is 5. The van der Waals surface area contributed by atoms with Crippen LogP contribution < -0.4 is 15.4 Å². The fourth-order valence-corrected chi connectivity index (χ4v) is 3.70. The molecule has 0 bridgehead atoms. The quantitative estimate of drug-likeness (QED) is 0.671. The number of benzene rings is 2. The average molecular weight is 472 g/mol. The van der Waals surface area contributed by atoms with Gasteiger partial charge in [-0.1, -0.05) is 30.3 Å². The second-order valence-corrected chi connectivity index (χ2v) is 7.96. The van der Waals surface area contributed by atoms with Crippen molar-refractivity contribution in [3.63, 3.8) is 0 Å². The third kappa shape index (κ3) is 7.28. The van der Waals surface area contributed by atoms with Gasteiger partial charge in [0.25, 0.3) is 5.91 Å². The van der Waals surface area contributed by atoms with Crippen LogP contribution in [0.25, 0.3) is 0 Å². The van der Waals surface area contributed by atoms with Gasteiger partial charge in [0.1, 0.15) is 6.04 Å². The molecule has 0 unspecified atom stereocenters. The molecule has 2 aromatic carbocycles. The predicted octanol–water partition coefficient (Wildman–Crippen LogP) is 1.93. The number of methoxy groups -OCH3 is 1. The van der Waals surface area contributed by atoms with Gasteiger partial charge in [0.2, 0.25) is 11.8 Å². The van der Waals surface area contributed by atoms with E-state index >= 15 is 0 Å². The average Bonchev–Trinajstić information content (AvgIpc) is 2.89. The highest BCUT2D eigenvalue weighted by Gasteiger charge is 2.27. The molecule has 1 aliphatic rings. The molecule has 1 heterocycles. The van der Waals surface area contributed by atoms with E-state index in [1.165, 1.54) is 19.2 Å². The Labute approximate surface area is 198 Å². The third-order valence-corrected chi connectivity index (χ3v) is 5.51. The Morgan fingerprint density at radius 1 is 1.18 bits per heavy atom. The monoisotopic (exact) mass is 471 g/mol. The van der Waals surface area contributed by atoms with E-state index in [9.17, 15) is 18.8 Å². The van der Waals surface area contributed by atoms with Crippen molar-refractivity contribution in [3.05, 3.63) is 65.5 Å². The van der Waals surface area contributed by atoms with E-state index in [2.05, 4.69) is 10.6 Å². The number of nitrogens with one attached hydrogen (secondary N) is 2. The van der Waals surface area contributed by atoms with Gasteiger partial charge in [-0.3, -0.25) is 14.4 Å². The van der Waals surface area contributed by atoms with Crippen molar-refractivity contribution >= 4 is 17.7 Å². The fraction of sp³-hybridized carbons (Fsp3) is 0.400. The summed E-state index contributed by atoms with van der Waals surface area (Å²) < 4.78 is 24.5. The minimum Gasteiger partial charge on any atom is -0.494 e. The molecule has 2 N–H and O–H groups in total. The molecule has 3 rings (SSSR count). The molecule has 0 radical (unpaired) electrons. The molecule has 0 spiro atoms. The highest BCUT2D eigenvalue weighted by atomic mass is 19.1. The first-order valence-electron chi connectivity index (χ1n) is 11.3. The minimum atomic E-state index is -0.894. The topological polar surface area (TPSA) is 97.0 Å². The molecule has 0 aromatic heterocycles. The van der Waals surface area contributed by atoms with Crippen LogP contribution in [0.1, 0.15) is 28.8 Å². The Hall–Kier alpha value is -3.46. The lowest BCUT2D eigenvalue weighted by Crippen LogP contribution is -2.50. The highest BCUT2D eigenvalue weighted by Crippen LogP contribution is 2.18. The van der Waals surface area contributed by atoms with E-state index in [4.69, 9.17) is 9.47 Å². The van der Waals surface area contributed by atoms with Crippen molar-refractivity contribution in [2.45, 2.75) is 25.3 Å². The summed E-state index contributed by atoms with van der Waals surface area (Å²) >= 11 is 0. The van der Waals surface area contributed by atoms with Crippen LogP contribution in [0.5, 0.6) is 5.75 Å². The standard InChI is InChI=1S/C25H30FN3O5/c1-33-22-9-8-19(17-20(22)26)24(31)28-21(16-18-6-3-2-4-7-18)25(32)29-12-5-14-34-15-11-27-23(30)10-13-29/h2-4,6-9,17,21H,5,10-16H2,1H3,(H,27,30)(H,28,31)/t21-/m0/s1. The zero-order valence-electron chi connectivity index (χ0n) is 19.2. The Morgan fingerprint density at radius 3 is 2.71 bits per heavy atom. The largest absolute Gasteiger partial charge is 0.494 e. The number of halogens is 1. The van der Waals surface area contributed by atoms with Crippen LogP contribution >= 0.6 is 0 Å². The van der Waals surface area contributed by atoms with Crippen LogP contribution in [0.4, 0.5) is 4.39 Å². The van der Waals surface area contributed by atoms with Crippen molar-refractivity contribution in [2.75, 3.05) is 40.0 Å². The first kappa shape index (κ1) is 25.2. The number of hydrogen-bond donors (Lipinski definition) is 2. The molecule has 1 saturated heterocycles. The molecule has 8 nitrogen and oxygen atoms in total. The van der Waals surface area contributed by atoms with Crippen molar-refractivity contribution in [1.82, 2.24) is 15.5 Å². The van der Waals surface area contributed by atoms with E-state index in [-0.39, 0.29) is 42.5 Å². The van der Waals surface area contributed by atoms with Crippen molar-refractivity contribution < 1.29 is 28.2 Å². The van der Waals surface area contributed by atoms with Gasteiger partial charge in [-0.05, 0) is 30.2 Å². The second kappa shape index (κ2) is 12.7. The molecule has 1 atom stereocenters. The summed E-state index contributed by atoms with van der Waals surface area (Å²) in [6.07, 6.45) is 1.01. The SMILES string of the molecule is COc1ccc(C(=O)N[C@@H](Cc2ccccc2)C(=O)N2CCCOCCNC(=O)CC2)cc1F. The number of ether oxygens (including phenoxy) is 2. The van der Waals surface area contributed by atoms with Crippen molar-refractivity contribution in [2.24, 2.45) is 0 Å². The highest BCUT2D eigenvalue weighted by molar-refractivity contribution is 5.97. The summed E-state index contributed by atoms with van der Waals surface area (Å²) in [5.74, 6) is -1.69. The van der Waals surface area contributed by atoms with Gasteiger partial charge in [0.05, 0.1) is 13.7 Å². The summed E-state index contributed by atoms with van der Waals surface area (Å²) in [6, 6.07) is 12.3. The van der Waals surface area contributed by atoms with Gasteiger partial charge in [0.15, 0.2) is 11.6 Å². The van der Waals surface area contributed by atoms with E-state index in [0.717, 1.165) is 11.6 Å². The Balaban J connectivity index is 1.80. The molecule has 1 fully saturated rings. The number of amides is 3. The maximum Gasteiger partial charge on any atom is 0.252 e. The molecule has 9 heteroatoms. The van der Waals surface area contributed by atoms with Crippen molar-refractivity contribution in [3.8, 4) is 5.75 Å². The molecule has 2 aromatic rings. The Bertz CT molecular complexity index is 986. The van der Waals surface area contributed by atoms with Crippen LogP contribution in [0.3, 0.4) is 0 Å². The Kier molecular flexibility index (Phi) is 9.40. The first-order valence-corrected chi connectivity index (χ1v) is 11.3. The minimum absolute atomic E-state index is 0.0255. The van der Waals surface area contributed by atoms with E-state index in [0.29, 0.717) is 32.7 Å². The smallest absolute Gasteiger partial charge is 0.252 e. The van der Waals surface area contributed by atoms with Gasteiger partial charge in [-0.15, -0.1) is 0 Å². The van der Waals surface area contributed by atoms with Gasteiger partial charge >= 0.3 is 0 Å². The molecular weight excluding hydrogens is 441 g/mol. The molecule has 182 valence electrons. The Morgan fingerprint density at radius 2 is 1.97 bits per heavy atom. The normalized spacial score (nSPS) is 16.1. The first-order chi connectivity index (χ1) is 16.5. The van der Waals surface area contributed by atoms with Crippen molar-refractivity contribution in [1.29, 1.82) is 0 Å². The number of carbonyl (C=O) groups is 3. The number of rotatable bonds is 6. The van der Waals surface area contributed by atoms with Gasteiger partial charge in [-0.2, -0.15) is 0 Å². The van der Waals surface area contributed by atoms with Gasteiger partial charge in [0, 0.05) is 44.6 Å². The summed E-state index contributed by atoms with van der Waals surface area (Å²) in [6.45, 7) is 1.93. The van der Waals surface area contributed by atoms with Crippen LogP contribution in [0.2, 0.25) is 0 Å². The second-order valence-electron chi connectivity index (χ2n) is 7.96. The molecule has 0 saturated carbocycles. The third-order valence-electron chi connectivity index (χ3n) is 5.51. The summed E-state index contributed by atoms with van der Waals surface area (Å²) in [5.41, 5.74) is 0.940. The summed E-state index contributed by atoms with van der Waals surface area (Å²) in [5, 5.41) is 5.52. The van der Waals surface area contributed by atoms with Crippen LogP contribution in [-0.4, -0.2) is 68.6 Å². The zero-order chi connectivity index (χ0) is 24.3. The summed E-state index contributed by atoms with van der Waals surface area (Å²) in [7, 11) is 1.34. The van der Waals surface area contributed by atoms with Crippen LogP contribution in [0, 0.1) is 5.82 Å². The maximum absolute atomic E-state index is 14.1. The molecular formula is C25H30FN3O5. The summed E-state index contributed by atoms with van der Waals surface area (Å²) in [4.78, 5) is 40.1. The lowest BCUT2D eigenvalue weighted by atomic mass is 10.0. The zero-order valence-corrected chi connectivity index (χ0v) is 19.2. The molecule has 34 heavy (non-hydrogen) atoms. The van der Waals surface area contributed by atoms with Gasteiger partial charge < -0.3 is 25.0 Å². The van der Waals surface area contributed by atoms with E-state index in [1.807, 2.05) is 30.3 Å². The molecule has 0 aliphatic carbocycles. The number of nitrogens with zero attached hydrogens (tertiary/aromatic N) is 1. The molecule has 1 aliphatic heterocycles.